The third-order valence-electron chi connectivity index (χ3n) is 8.15. The van der Waals surface area contributed by atoms with Crippen molar-refractivity contribution in [1.82, 2.24) is 15.5 Å². The quantitative estimate of drug-likeness (QED) is 0.384. The maximum Gasteiger partial charge on any atom is 0.408 e. The number of hydrogen-bond donors (Lipinski definition) is 2. The molecule has 0 aliphatic heterocycles. The Labute approximate surface area is 245 Å². The van der Waals surface area contributed by atoms with Crippen LogP contribution in [0.15, 0.2) is 48.5 Å². The standard InChI is InChI=1S/C34H47N3O4/c1-22-17-18-27(23(2)19-22)30(31(38)35-26-15-11-8-12-16-26)37(29-20-24(29)3)32(39)28(21-25-13-9-7-10-14-25)36-33(40)41-34(4,5)6/h7,9-10,13-14,17-19,24,26,28-30H,8,11-12,15-16,20-21H2,1-6H3,(H,35,38)(H,36,40). The predicted molar refractivity (Wildman–Crippen MR) is 161 cm³/mol. The van der Waals surface area contributed by atoms with Gasteiger partial charge in [0.2, 0.25) is 11.8 Å². The molecule has 222 valence electrons. The first-order valence-corrected chi connectivity index (χ1v) is 15.2. The van der Waals surface area contributed by atoms with Gasteiger partial charge >= 0.3 is 6.09 Å². The van der Waals surface area contributed by atoms with E-state index in [1.165, 1.54) is 6.42 Å². The molecule has 2 fully saturated rings. The molecule has 41 heavy (non-hydrogen) atoms. The zero-order chi connectivity index (χ0) is 29.7. The van der Waals surface area contributed by atoms with Crippen molar-refractivity contribution in [3.8, 4) is 0 Å². The molecule has 0 radical (unpaired) electrons. The van der Waals surface area contributed by atoms with Crippen molar-refractivity contribution in [2.45, 2.75) is 116 Å². The van der Waals surface area contributed by atoms with Crippen LogP contribution in [0.5, 0.6) is 0 Å². The molecule has 2 saturated carbocycles. The predicted octanol–water partition coefficient (Wildman–Crippen LogP) is 6.17. The minimum atomic E-state index is -0.893. The lowest BCUT2D eigenvalue weighted by atomic mass is 9.93. The summed E-state index contributed by atoms with van der Waals surface area (Å²) >= 11 is 0. The van der Waals surface area contributed by atoms with E-state index in [0.717, 1.165) is 54.4 Å². The van der Waals surface area contributed by atoms with Crippen molar-refractivity contribution in [2.24, 2.45) is 5.92 Å². The highest BCUT2D eigenvalue weighted by Crippen LogP contribution is 2.41. The average Bonchev–Trinajstić information content (AvgIpc) is 3.62. The van der Waals surface area contributed by atoms with E-state index >= 15 is 0 Å². The smallest absolute Gasteiger partial charge is 0.408 e. The first-order valence-electron chi connectivity index (χ1n) is 15.2. The number of carbonyl (C=O) groups is 3. The van der Waals surface area contributed by atoms with Gasteiger partial charge in [0.15, 0.2) is 0 Å². The molecule has 2 aromatic rings. The molecule has 3 amide bonds. The van der Waals surface area contributed by atoms with Crippen molar-refractivity contribution in [3.63, 3.8) is 0 Å². The van der Waals surface area contributed by atoms with Crippen LogP contribution in [-0.2, 0) is 20.7 Å². The zero-order valence-corrected chi connectivity index (χ0v) is 25.5. The number of nitrogens with one attached hydrogen (secondary N) is 2. The van der Waals surface area contributed by atoms with Crippen LogP contribution in [0.2, 0.25) is 0 Å². The normalized spacial score (nSPS) is 20.4. The number of carbonyl (C=O) groups excluding carboxylic acids is 3. The third kappa shape index (κ3) is 8.34. The van der Waals surface area contributed by atoms with E-state index in [1.54, 1.807) is 25.7 Å². The van der Waals surface area contributed by atoms with E-state index in [2.05, 4.69) is 23.6 Å². The van der Waals surface area contributed by atoms with Gasteiger partial charge in [0, 0.05) is 18.5 Å². The number of rotatable bonds is 9. The van der Waals surface area contributed by atoms with Crippen molar-refractivity contribution >= 4 is 17.9 Å². The minimum absolute atomic E-state index is 0.0935. The summed E-state index contributed by atoms with van der Waals surface area (Å²) in [6, 6.07) is 14.0. The minimum Gasteiger partial charge on any atom is -0.444 e. The van der Waals surface area contributed by atoms with E-state index in [9.17, 15) is 14.4 Å². The maximum absolute atomic E-state index is 14.6. The molecule has 2 N–H and O–H groups in total. The van der Waals surface area contributed by atoms with Crippen LogP contribution in [0.4, 0.5) is 4.79 Å². The van der Waals surface area contributed by atoms with Gasteiger partial charge < -0.3 is 20.3 Å². The van der Waals surface area contributed by atoms with Gasteiger partial charge in [-0.3, -0.25) is 9.59 Å². The monoisotopic (exact) mass is 561 g/mol. The lowest BCUT2D eigenvalue weighted by molar-refractivity contribution is -0.143. The van der Waals surface area contributed by atoms with E-state index < -0.39 is 23.8 Å². The molecule has 2 aliphatic rings. The molecule has 0 spiro atoms. The molecule has 0 bridgehead atoms. The summed E-state index contributed by atoms with van der Waals surface area (Å²) < 4.78 is 5.56. The lowest BCUT2D eigenvalue weighted by Crippen LogP contribution is -2.55. The fraction of sp³-hybridized carbons (Fsp3) is 0.559. The number of amides is 3. The van der Waals surface area contributed by atoms with Crippen molar-refractivity contribution in [1.29, 1.82) is 0 Å². The highest BCUT2D eigenvalue weighted by molar-refractivity contribution is 5.93. The second kappa shape index (κ2) is 13.1. The molecular formula is C34H47N3O4. The van der Waals surface area contributed by atoms with Gasteiger partial charge in [-0.15, -0.1) is 0 Å². The summed E-state index contributed by atoms with van der Waals surface area (Å²) in [5.41, 5.74) is 3.10. The van der Waals surface area contributed by atoms with Crippen LogP contribution in [0.3, 0.4) is 0 Å². The van der Waals surface area contributed by atoms with E-state index in [-0.39, 0.29) is 29.8 Å². The van der Waals surface area contributed by atoms with Crippen molar-refractivity contribution in [3.05, 3.63) is 70.8 Å². The Morgan fingerprint density at radius 2 is 1.66 bits per heavy atom. The number of aryl methyl sites for hydroxylation is 2. The second-order valence-corrected chi connectivity index (χ2v) is 13.0. The highest BCUT2D eigenvalue weighted by atomic mass is 16.6. The Balaban J connectivity index is 1.73. The van der Waals surface area contributed by atoms with E-state index in [4.69, 9.17) is 4.74 Å². The van der Waals surface area contributed by atoms with Crippen LogP contribution in [0.25, 0.3) is 0 Å². The summed E-state index contributed by atoms with van der Waals surface area (Å²) in [5, 5.41) is 6.17. The lowest BCUT2D eigenvalue weighted by Gasteiger charge is -2.37. The Morgan fingerprint density at radius 1 is 1.00 bits per heavy atom. The summed E-state index contributed by atoms with van der Waals surface area (Å²) in [4.78, 5) is 43.6. The fourth-order valence-corrected chi connectivity index (χ4v) is 5.93. The molecule has 4 unspecified atom stereocenters. The molecule has 4 rings (SSSR count). The molecular weight excluding hydrogens is 514 g/mol. The zero-order valence-electron chi connectivity index (χ0n) is 25.5. The first kappa shape index (κ1) is 30.6. The van der Waals surface area contributed by atoms with Gasteiger partial charge in [0.25, 0.3) is 0 Å². The highest BCUT2D eigenvalue weighted by Gasteiger charge is 2.48. The average molecular weight is 562 g/mol. The Morgan fingerprint density at radius 3 is 2.24 bits per heavy atom. The van der Waals surface area contributed by atoms with Crippen molar-refractivity contribution in [2.75, 3.05) is 0 Å². The summed E-state index contributed by atoms with van der Waals surface area (Å²) in [6.45, 7) is 11.5. The largest absolute Gasteiger partial charge is 0.444 e. The summed E-state index contributed by atoms with van der Waals surface area (Å²) in [5.74, 6) is -0.154. The van der Waals surface area contributed by atoms with Crippen LogP contribution in [-0.4, -0.2) is 46.5 Å². The summed E-state index contributed by atoms with van der Waals surface area (Å²) in [7, 11) is 0. The number of hydrogen-bond acceptors (Lipinski definition) is 4. The molecule has 0 aromatic heterocycles. The van der Waals surface area contributed by atoms with Gasteiger partial charge in [0.05, 0.1) is 0 Å². The molecule has 2 aliphatic carbocycles. The number of benzene rings is 2. The summed E-state index contributed by atoms with van der Waals surface area (Å²) in [6.07, 6.45) is 5.75. The van der Waals surface area contributed by atoms with E-state index in [1.807, 2.05) is 56.3 Å². The van der Waals surface area contributed by atoms with Gasteiger partial charge in [0.1, 0.15) is 17.7 Å². The number of ether oxygens (including phenoxy) is 1. The van der Waals surface area contributed by atoms with Gasteiger partial charge in [-0.1, -0.05) is 80.3 Å². The second-order valence-electron chi connectivity index (χ2n) is 13.0. The Kier molecular flexibility index (Phi) is 9.77. The van der Waals surface area contributed by atoms with Crippen LogP contribution < -0.4 is 10.6 Å². The number of nitrogens with zero attached hydrogens (tertiary/aromatic N) is 1. The molecule has 7 heteroatoms. The molecule has 2 aromatic carbocycles. The van der Waals surface area contributed by atoms with Crippen LogP contribution in [0.1, 0.15) is 94.5 Å². The number of alkyl carbamates (subject to hydrolysis) is 1. The van der Waals surface area contributed by atoms with Gasteiger partial charge in [-0.2, -0.15) is 0 Å². The SMILES string of the molecule is Cc1ccc(C(C(=O)NC2CCCCC2)N(C(=O)C(Cc2ccccc2)NC(=O)OC(C)(C)C)C2CC2C)c(C)c1. The Hall–Kier alpha value is -3.35. The topological polar surface area (TPSA) is 87.7 Å². The molecule has 7 nitrogen and oxygen atoms in total. The third-order valence-corrected chi connectivity index (χ3v) is 8.15. The van der Waals surface area contributed by atoms with E-state index in [0.29, 0.717) is 6.42 Å². The fourth-order valence-electron chi connectivity index (χ4n) is 5.93. The van der Waals surface area contributed by atoms with Gasteiger partial charge in [-0.25, -0.2) is 4.79 Å². The Bertz CT molecular complexity index is 1220. The van der Waals surface area contributed by atoms with Crippen molar-refractivity contribution < 1.29 is 19.1 Å². The molecule has 0 saturated heterocycles. The maximum atomic E-state index is 14.6. The van der Waals surface area contributed by atoms with Gasteiger partial charge in [-0.05, 0) is 76.5 Å². The molecule has 4 atom stereocenters. The van der Waals surface area contributed by atoms with Crippen LogP contribution in [0, 0.1) is 19.8 Å². The molecule has 0 heterocycles. The van der Waals surface area contributed by atoms with Crippen LogP contribution >= 0.6 is 0 Å². The first-order chi connectivity index (χ1) is 19.4.